The standard InChI is InChI=1S/C18H20FNO2S/c1-5-10-20(18-14(3)11-13(2)12-15(18)4)23(21,22)17-8-6-16(19)7-9-17/h5-9,11-12H,1,10H2,2-4H3. The van der Waals surface area contributed by atoms with Crippen molar-refractivity contribution in [2.24, 2.45) is 0 Å². The lowest BCUT2D eigenvalue weighted by Gasteiger charge is -2.27. The van der Waals surface area contributed by atoms with Crippen LogP contribution in [0.25, 0.3) is 0 Å². The van der Waals surface area contributed by atoms with Crippen molar-refractivity contribution in [3.8, 4) is 0 Å². The molecule has 0 aliphatic carbocycles. The predicted molar refractivity (Wildman–Crippen MR) is 91.8 cm³/mol. The van der Waals surface area contributed by atoms with E-state index in [-0.39, 0.29) is 11.4 Å². The van der Waals surface area contributed by atoms with Crippen molar-refractivity contribution in [3.05, 3.63) is 71.6 Å². The first-order chi connectivity index (χ1) is 10.8. The molecule has 0 aliphatic rings. The molecule has 0 saturated heterocycles. The molecule has 2 aromatic carbocycles. The first kappa shape index (κ1) is 17.2. The normalized spacial score (nSPS) is 11.3. The van der Waals surface area contributed by atoms with Crippen LogP contribution in [0, 0.1) is 26.6 Å². The average molecular weight is 333 g/mol. The van der Waals surface area contributed by atoms with Crippen molar-refractivity contribution >= 4 is 15.7 Å². The molecule has 0 saturated carbocycles. The topological polar surface area (TPSA) is 37.4 Å². The molecule has 0 spiro atoms. The van der Waals surface area contributed by atoms with Gasteiger partial charge < -0.3 is 0 Å². The van der Waals surface area contributed by atoms with Gasteiger partial charge in [-0.05, 0) is 56.2 Å². The second kappa shape index (κ2) is 6.54. The summed E-state index contributed by atoms with van der Waals surface area (Å²) in [6.45, 7) is 9.53. The molecule has 0 atom stereocenters. The highest BCUT2D eigenvalue weighted by atomic mass is 32.2. The summed E-state index contributed by atoms with van der Waals surface area (Å²) in [6, 6.07) is 8.73. The van der Waals surface area contributed by atoms with Gasteiger partial charge in [0.25, 0.3) is 10.0 Å². The van der Waals surface area contributed by atoms with Crippen LogP contribution in [0.4, 0.5) is 10.1 Å². The molecule has 5 heteroatoms. The highest BCUT2D eigenvalue weighted by Gasteiger charge is 2.26. The van der Waals surface area contributed by atoms with E-state index in [1.807, 2.05) is 32.9 Å². The van der Waals surface area contributed by atoms with Crippen molar-refractivity contribution in [1.82, 2.24) is 0 Å². The third-order valence-electron chi connectivity index (χ3n) is 3.58. The number of aryl methyl sites for hydroxylation is 3. The molecular formula is C18H20FNO2S. The van der Waals surface area contributed by atoms with E-state index in [9.17, 15) is 12.8 Å². The molecule has 0 fully saturated rings. The Hall–Kier alpha value is -2.14. The molecule has 0 radical (unpaired) electrons. The van der Waals surface area contributed by atoms with Gasteiger partial charge in [0.05, 0.1) is 17.1 Å². The van der Waals surface area contributed by atoms with Crippen molar-refractivity contribution in [2.45, 2.75) is 25.7 Å². The molecule has 0 amide bonds. The third-order valence-corrected chi connectivity index (χ3v) is 5.36. The van der Waals surface area contributed by atoms with Gasteiger partial charge in [0, 0.05) is 0 Å². The van der Waals surface area contributed by atoms with E-state index < -0.39 is 15.8 Å². The van der Waals surface area contributed by atoms with Crippen LogP contribution in [0.5, 0.6) is 0 Å². The minimum Gasteiger partial charge on any atom is -0.262 e. The van der Waals surface area contributed by atoms with Crippen LogP contribution >= 0.6 is 0 Å². The van der Waals surface area contributed by atoms with Crippen molar-refractivity contribution < 1.29 is 12.8 Å². The van der Waals surface area contributed by atoms with E-state index in [1.54, 1.807) is 6.08 Å². The van der Waals surface area contributed by atoms with Gasteiger partial charge in [0.2, 0.25) is 0 Å². The van der Waals surface area contributed by atoms with Gasteiger partial charge in [-0.2, -0.15) is 0 Å². The zero-order valence-corrected chi connectivity index (χ0v) is 14.3. The number of benzene rings is 2. The van der Waals surface area contributed by atoms with Crippen LogP contribution in [-0.2, 0) is 10.0 Å². The van der Waals surface area contributed by atoms with Crippen molar-refractivity contribution in [2.75, 3.05) is 10.8 Å². The monoisotopic (exact) mass is 333 g/mol. The zero-order valence-electron chi connectivity index (χ0n) is 13.5. The summed E-state index contributed by atoms with van der Waals surface area (Å²) in [5.74, 6) is -0.470. The second-order valence-electron chi connectivity index (χ2n) is 5.53. The van der Waals surface area contributed by atoms with Crippen molar-refractivity contribution in [1.29, 1.82) is 0 Å². The summed E-state index contributed by atoms with van der Waals surface area (Å²) in [7, 11) is -3.80. The Kier molecular flexibility index (Phi) is 4.90. The summed E-state index contributed by atoms with van der Waals surface area (Å²) >= 11 is 0. The average Bonchev–Trinajstić information content (AvgIpc) is 2.45. The van der Waals surface area contributed by atoms with Gasteiger partial charge in [-0.3, -0.25) is 4.31 Å². The maximum absolute atomic E-state index is 13.1. The molecular weight excluding hydrogens is 313 g/mol. The summed E-state index contributed by atoms with van der Waals surface area (Å²) < 4.78 is 40.4. The molecule has 3 nitrogen and oxygen atoms in total. The Morgan fingerprint density at radius 1 is 1.09 bits per heavy atom. The maximum Gasteiger partial charge on any atom is 0.264 e. The molecule has 2 aromatic rings. The minimum absolute atomic E-state index is 0.0557. The number of halogens is 1. The maximum atomic E-state index is 13.1. The summed E-state index contributed by atoms with van der Waals surface area (Å²) in [4.78, 5) is 0.0557. The van der Waals surface area contributed by atoms with Crippen LogP contribution in [-0.4, -0.2) is 15.0 Å². The highest BCUT2D eigenvalue weighted by Crippen LogP contribution is 2.31. The SMILES string of the molecule is C=CCN(c1c(C)cc(C)cc1C)S(=O)(=O)c1ccc(F)cc1. The number of hydrogen-bond donors (Lipinski definition) is 0. The van der Waals surface area contributed by atoms with Crippen LogP contribution in [0.15, 0.2) is 53.9 Å². The molecule has 0 unspecified atom stereocenters. The number of hydrogen-bond acceptors (Lipinski definition) is 2. The smallest absolute Gasteiger partial charge is 0.262 e. The quantitative estimate of drug-likeness (QED) is 0.772. The zero-order chi connectivity index (χ0) is 17.2. The molecule has 122 valence electrons. The predicted octanol–water partition coefficient (Wildman–Crippen LogP) is 4.13. The van der Waals surface area contributed by atoms with E-state index >= 15 is 0 Å². The fourth-order valence-corrected chi connectivity index (χ4v) is 4.29. The van der Waals surface area contributed by atoms with E-state index in [2.05, 4.69) is 6.58 Å². The van der Waals surface area contributed by atoms with Crippen LogP contribution in [0.1, 0.15) is 16.7 Å². The molecule has 0 aromatic heterocycles. The Labute approximate surface area is 137 Å². The van der Waals surface area contributed by atoms with Gasteiger partial charge in [-0.1, -0.05) is 23.8 Å². The van der Waals surface area contributed by atoms with E-state index in [1.165, 1.54) is 16.4 Å². The number of sulfonamides is 1. The molecule has 0 heterocycles. The van der Waals surface area contributed by atoms with E-state index in [0.717, 1.165) is 28.8 Å². The van der Waals surface area contributed by atoms with Crippen LogP contribution < -0.4 is 4.31 Å². The Balaban J connectivity index is 2.63. The third kappa shape index (κ3) is 3.45. The summed E-state index contributed by atoms with van der Waals surface area (Å²) in [6.07, 6.45) is 1.54. The highest BCUT2D eigenvalue weighted by molar-refractivity contribution is 7.92. The largest absolute Gasteiger partial charge is 0.264 e. The first-order valence-corrected chi connectivity index (χ1v) is 8.68. The van der Waals surface area contributed by atoms with Gasteiger partial charge in [-0.15, -0.1) is 6.58 Å². The fourth-order valence-electron chi connectivity index (χ4n) is 2.73. The first-order valence-electron chi connectivity index (χ1n) is 7.24. The lowest BCUT2D eigenvalue weighted by atomic mass is 10.1. The molecule has 0 N–H and O–H groups in total. The summed E-state index contributed by atoms with van der Waals surface area (Å²) in [5.41, 5.74) is 3.45. The van der Waals surface area contributed by atoms with Gasteiger partial charge in [-0.25, -0.2) is 12.8 Å². The van der Waals surface area contributed by atoms with Crippen molar-refractivity contribution in [3.63, 3.8) is 0 Å². The lowest BCUT2D eigenvalue weighted by Crippen LogP contribution is -2.32. The van der Waals surface area contributed by atoms with Crippen LogP contribution in [0.2, 0.25) is 0 Å². The molecule has 23 heavy (non-hydrogen) atoms. The number of anilines is 1. The Bertz CT molecular complexity index is 804. The molecule has 0 aliphatic heterocycles. The molecule has 2 rings (SSSR count). The van der Waals surface area contributed by atoms with E-state index in [4.69, 9.17) is 0 Å². The van der Waals surface area contributed by atoms with Crippen LogP contribution in [0.3, 0.4) is 0 Å². The summed E-state index contributed by atoms with van der Waals surface area (Å²) in [5, 5.41) is 0. The fraction of sp³-hybridized carbons (Fsp3) is 0.222. The minimum atomic E-state index is -3.80. The molecule has 0 bridgehead atoms. The Morgan fingerprint density at radius 3 is 2.09 bits per heavy atom. The number of nitrogens with zero attached hydrogens (tertiary/aromatic N) is 1. The number of rotatable bonds is 5. The Morgan fingerprint density at radius 2 is 1.61 bits per heavy atom. The lowest BCUT2D eigenvalue weighted by molar-refractivity contribution is 0.591. The van der Waals surface area contributed by atoms with Gasteiger partial charge >= 0.3 is 0 Å². The van der Waals surface area contributed by atoms with Gasteiger partial charge in [0.15, 0.2) is 0 Å². The van der Waals surface area contributed by atoms with E-state index in [0.29, 0.717) is 5.69 Å². The van der Waals surface area contributed by atoms with Gasteiger partial charge in [0.1, 0.15) is 5.82 Å². The second-order valence-corrected chi connectivity index (χ2v) is 7.39.